The van der Waals surface area contributed by atoms with Crippen LogP contribution in [0.25, 0.3) is 11.5 Å². The molecule has 1 atom stereocenters. The maximum Gasteiger partial charge on any atom is 0.313 e. The molecule has 3 aromatic rings. The SMILES string of the molecule is Cc1oc(-c2ccccc2)nc1CCOc1ccc2c(c1)OCC(C(=O)OC(C)(C)C)C2. The molecule has 1 aliphatic heterocycles. The Morgan fingerprint density at radius 1 is 1.16 bits per heavy atom. The van der Waals surface area contributed by atoms with E-state index in [0.717, 1.165) is 34.1 Å². The Balaban J connectivity index is 1.33. The fourth-order valence-corrected chi connectivity index (χ4v) is 3.61. The molecule has 6 heteroatoms. The number of fused-ring (bicyclic) bond motifs is 1. The van der Waals surface area contributed by atoms with Gasteiger partial charge >= 0.3 is 5.97 Å². The summed E-state index contributed by atoms with van der Waals surface area (Å²) in [6.07, 6.45) is 1.24. The first-order valence-corrected chi connectivity index (χ1v) is 10.9. The first-order valence-electron chi connectivity index (χ1n) is 10.9. The topological polar surface area (TPSA) is 70.8 Å². The Bertz CT molecular complexity index is 1080. The molecule has 1 unspecified atom stereocenters. The van der Waals surface area contributed by atoms with Crippen molar-refractivity contribution < 1.29 is 23.4 Å². The summed E-state index contributed by atoms with van der Waals surface area (Å²) < 4.78 is 23.1. The number of oxazole rings is 1. The van der Waals surface area contributed by atoms with Gasteiger partial charge in [-0.25, -0.2) is 4.98 Å². The third-order valence-electron chi connectivity index (χ3n) is 5.21. The first kappa shape index (κ1) is 21.9. The highest BCUT2D eigenvalue weighted by Gasteiger charge is 2.30. The molecule has 0 saturated carbocycles. The number of aromatic nitrogens is 1. The van der Waals surface area contributed by atoms with Crippen molar-refractivity contribution >= 4 is 5.97 Å². The fourth-order valence-electron chi connectivity index (χ4n) is 3.61. The third kappa shape index (κ3) is 5.31. The molecule has 0 N–H and O–H groups in total. The van der Waals surface area contributed by atoms with Gasteiger partial charge in [-0.2, -0.15) is 0 Å². The predicted molar refractivity (Wildman–Crippen MR) is 121 cm³/mol. The minimum absolute atomic E-state index is 0.221. The Labute approximate surface area is 188 Å². The zero-order valence-corrected chi connectivity index (χ0v) is 19.0. The van der Waals surface area contributed by atoms with Gasteiger partial charge in [0.15, 0.2) is 0 Å². The van der Waals surface area contributed by atoms with E-state index in [1.807, 2.05) is 76.2 Å². The highest BCUT2D eigenvalue weighted by atomic mass is 16.6. The standard InChI is InChI=1S/C26H29NO5/c1-17-22(27-24(31-17)18-8-6-5-7-9-18)12-13-29-21-11-10-19-14-20(16-30-23(19)15-21)25(28)32-26(2,3)4/h5-11,15,20H,12-14,16H2,1-4H3. The van der Waals surface area contributed by atoms with Gasteiger partial charge in [0.05, 0.1) is 18.2 Å². The van der Waals surface area contributed by atoms with Crippen LogP contribution in [-0.4, -0.2) is 29.8 Å². The van der Waals surface area contributed by atoms with Crippen LogP contribution in [-0.2, 0) is 22.4 Å². The van der Waals surface area contributed by atoms with E-state index >= 15 is 0 Å². The molecule has 0 bridgehead atoms. The van der Waals surface area contributed by atoms with Crippen molar-refractivity contribution in [3.8, 4) is 23.0 Å². The summed E-state index contributed by atoms with van der Waals surface area (Å²) in [5.74, 6) is 2.40. The second kappa shape index (κ2) is 9.07. The maximum absolute atomic E-state index is 12.3. The smallest absolute Gasteiger partial charge is 0.313 e. The molecular weight excluding hydrogens is 406 g/mol. The van der Waals surface area contributed by atoms with Crippen molar-refractivity contribution in [2.45, 2.75) is 46.1 Å². The lowest BCUT2D eigenvalue weighted by Crippen LogP contribution is -2.34. The third-order valence-corrected chi connectivity index (χ3v) is 5.21. The van der Waals surface area contributed by atoms with Crippen LogP contribution in [0.15, 0.2) is 52.9 Å². The molecule has 32 heavy (non-hydrogen) atoms. The fraction of sp³-hybridized carbons (Fsp3) is 0.385. The van der Waals surface area contributed by atoms with Crippen molar-refractivity contribution in [2.24, 2.45) is 5.92 Å². The van der Waals surface area contributed by atoms with Crippen LogP contribution in [0.3, 0.4) is 0 Å². The van der Waals surface area contributed by atoms with Crippen LogP contribution in [0.4, 0.5) is 0 Å². The number of rotatable bonds is 6. The van der Waals surface area contributed by atoms with Gasteiger partial charge in [-0.3, -0.25) is 4.79 Å². The molecule has 0 saturated heterocycles. The number of nitrogens with zero attached hydrogens (tertiary/aromatic N) is 1. The number of hydrogen-bond donors (Lipinski definition) is 0. The summed E-state index contributed by atoms with van der Waals surface area (Å²) in [6.45, 7) is 8.31. The number of carbonyl (C=O) groups is 1. The van der Waals surface area contributed by atoms with Crippen molar-refractivity contribution in [1.29, 1.82) is 0 Å². The Kier molecular flexibility index (Phi) is 6.21. The van der Waals surface area contributed by atoms with Crippen LogP contribution < -0.4 is 9.47 Å². The van der Waals surface area contributed by atoms with Crippen molar-refractivity contribution in [3.63, 3.8) is 0 Å². The lowest BCUT2D eigenvalue weighted by Gasteiger charge is -2.27. The van der Waals surface area contributed by atoms with Crippen LogP contribution >= 0.6 is 0 Å². The number of esters is 1. The Morgan fingerprint density at radius 2 is 1.94 bits per heavy atom. The van der Waals surface area contributed by atoms with Crippen LogP contribution in [0, 0.1) is 12.8 Å². The normalized spacial score (nSPS) is 15.6. The van der Waals surface area contributed by atoms with Gasteiger partial charge in [0.25, 0.3) is 0 Å². The Hall–Kier alpha value is -3.28. The summed E-state index contributed by atoms with van der Waals surface area (Å²) in [5, 5.41) is 0. The van der Waals surface area contributed by atoms with Crippen LogP contribution in [0.5, 0.6) is 11.5 Å². The lowest BCUT2D eigenvalue weighted by molar-refractivity contribution is -0.161. The molecule has 1 aliphatic rings. The molecule has 1 aromatic heterocycles. The van der Waals surface area contributed by atoms with E-state index in [0.29, 0.717) is 31.9 Å². The maximum atomic E-state index is 12.3. The summed E-state index contributed by atoms with van der Waals surface area (Å²) >= 11 is 0. The number of benzene rings is 2. The monoisotopic (exact) mass is 435 g/mol. The van der Waals surface area contributed by atoms with E-state index in [2.05, 4.69) is 4.98 Å². The molecule has 0 radical (unpaired) electrons. The van der Waals surface area contributed by atoms with Gasteiger partial charge in [0.2, 0.25) is 5.89 Å². The average molecular weight is 436 g/mol. The first-order chi connectivity index (χ1) is 15.3. The largest absolute Gasteiger partial charge is 0.493 e. The predicted octanol–water partition coefficient (Wildman–Crippen LogP) is 5.16. The minimum Gasteiger partial charge on any atom is -0.493 e. The van der Waals surface area contributed by atoms with E-state index in [-0.39, 0.29) is 11.9 Å². The van der Waals surface area contributed by atoms with E-state index in [4.69, 9.17) is 18.6 Å². The highest BCUT2D eigenvalue weighted by Crippen LogP contribution is 2.32. The summed E-state index contributed by atoms with van der Waals surface area (Å²) in [5.41, 5.74) is 2.33. The number of carbonyl (C=O) groups excluding carboxylic acids is 1. The van der Waals surface area contributed by atoms with E-state index < -0.39 is 5.60 Å². The molecule has 4 rings (SSSR count). The minimum atomic E-state index is -0.501. The summed E-state index contributed by atoms with van der Waals surface area (Å²) in [7, 11) is 0. The molecular formula is C26H29NO5. The van der Waals surface area contributed by atoms with E-state index in [9.17, 15) is 4.79 Å². The van der Waals surface area contributed by atoms with Gasteiger partial charge < -0.3 is 18.6 Å². The van der Waals surface area contributed by atoms with Gasteiger partial charge in [-0.1, -0.05) is 24.3 Å². The number of ether oxygens (including phenoxy) is 3. The molecule has 0 fully saturated rings. The van der Waals surface area contributed by atoms with Gasteiger partial charge in [0.1, 0.15) is 29.5 Å². The molecule has 0 amide bonds. The number of aryl methyl sites for hydroxylation is 1. The Morgan fingerprint density at radius 3 is 2.69 bits per heavy atom. The quantitative estimate of drug-likeness (QED) is 0.498. The van der Waals surface area contributed by atoms with Crippen LogP contribution in [0.1, 0.15) is 37.8 Å². The molecule has 2 aromatic carbocycles. The molecule has 168 valence electrons. The van der Waals surface area contributed by atoms with E-state index in [1.54, 1.807) is 0 Å². The summed E-state index contributed by atoms with van der Waals surface area (Å²) in [4.78, 5) is 17.0. The lowest BCUT2D eigenvalue weighted by atomic mass is 9.96. The van der Waals surface area contributed by atoms with Crippen molar-refractivity contribution in [1.82, 2.24) is 4.98 Å². The zero-order chi connectivity index (χ0) is 22.7. The van der Waals surface area contributed by atoms with Gasteiger partial charge in [-0.05, 0) is 57.9 Å². The van der Waals surface area contributed by atoms with Gasteiger partial charge in [-0.15, -0.1) is 0 Å². The number of hydrogen-bond acceptors (Lipinski definition) is 6. The molecule has 0 spiro atoms. The highest BCUT2D eigenvalue weighted by molar-refractivity contribution is 5.74. The van der Waals surface area contributed by atoms with Gasteiger partial charge in [0, 0.05) is 18.1 Å². The van der Waals surface area contributed by atoms with E-state index in [1.165, 1.54) is 0 Å². The summed E-state index contributed by atoms with van der Waals surface area (Å²) in [6, 6.07) is 15.6. The van der Waals surface area contributed by atoms with Crippen molar-refractivity contribution in [3.05, 3.63) is 65.5 Å². The average Bonchev–Trinajstić information content (AvgIpc) is 3.13. The second-order valence-corrected chi connectivity index (χ2v) is 9.00. The van der Waals surface area contributed by atoms with Crippen molar-refractivity contribution in [2.75, 3.05) is 13.2 Å². The molecule has 6 nitrogen and oxygen atoms in total. The molecule has 0 aliphatic carbocycles. The second-order valence-electron chi connectivity index (χ2n) is 9.00. The molecule has 2 heterocycles. The van der Waals surface area contributed by atoms with Crippen LogP contribution in [0.2, 0.25) is 0 Å². The zero-order valence-electron chi connectivity index (χ0n) is 19.0.